The molecule has 0 amide bonds. The molecule has 6 rings (SSSR count). The average Bonchev–Trinajstić information content (AvgIpc) is 3.01. The molecular weight excluding hydrogens is 624 g/mol. The van der Waals surface area contributed by atoms with E-state index < -0.39 is 53.8 Å². The molecular formula is C37H37ClO5S2. The van der Waals surface area contributed by atoms with Crippen LogP contribution in [-0.4, -0.2) is 33.1 Å². The van der Waals surface area contributed by atoms with Gasteiger partial charge in [0, 0.05) is 29.2 Å². The van der Waals surface area contributed by atoms with E-state index in [9.17, 15) is 21.6 Å². The number of carbonyl (C=O) groups is 1. The summed E-state index contributed by atoms with van der Waals surface area (Å²) in [4.78, 5) is 14.5. The van der Waals surface area contributed by atoms with Crippen LogP contribution in [-0.2, 0) is 24.5 Å². The number of ketones is 1. The van der Waals surface area contributed by atoms with Gasteiger partial charge in [0.15, 0.2) is 19.7 Å². The summed E-state index contributed by atoms with van der Waals surface area (Å²) < 4.78 is 58.1. The van der Waals surface area contributed by atoms with E-state index >= 15 is 0 Å². The van der Waals surface area contributed by atoms with Gasteiger partial charge in [-0.3, -0.25) is 4.79 Å². The zero-order valence-corrected chi connectivity index (χ0v) is 27.9. The average molecular weight is 661 g/mol. The molecule has 4 aromatic rings. The van der Waals surface area contributed by atoms with E-state index in [4.69, 9.17) is 11.6 Å². The van der Waals surface area contributed by atoms with E-state index in [1.54, 1.807) is 66.7 Å². The molecule has 234 valence electrons. The third-order valence-electron chi connectivity index (χ3n) is 9.87. The number of hydrogen-bond donors (Lipinski definition) is 0. The summed E-state index contributed by atoms with van der Waals surface area (Å²) in [7, 11) is -7.81. The summed E-state index contributed by atoms with van der Waals surface area (Å²) in [5, 5.41) is -1.34. The van der Waals surface area contributed by atoms with E-state index in [0.717, 1.165) is 22.3 Å². The highest BCUT2D eigenvalue weighted by molar-refractivity contribution is 7.92. The Bertz CT molecular complexity index is 1930. The smallest absolute Gasteiger partial charge is 0.182 e. The van der Waals surface area contributed by atoms with Crippen molar-refractivity contribution in [3.63, 3.8) is 0 Å². The van der Waals surface area contributed by atoms with Crippen LogP contribution < -0.4 is 0 Å². The fraction of sp³-hybridized carbons (Fsp3) is 0.324. The molecule has 0 aromatic heterocycles. The van der Waals surface area contributed by atoms with Gasteiger partial charge in [0.1, 0.15) is 5.78 Å². The lowest BCUT2D eigenvalue weighted by Gasteiger charge is -2.48. The number of fused-ring (bicyclic) bond motifs is 1. The molecule has 0 radical (unpaired) electrons. The lowest BCUT2D eigenvalue weighted by molar-refractivity contribution is -0.128. The van der Waals surface area contributed by atoms with Gasteiger partial charge in [-0.05, 0) is 87.1 Å². The monoisotopic (exact) mass is 660 g/mol. The molecule has 4 unspecified atom stereocenters. The van der Waals surface area contributed by atoms with E-state index in [1.807, 2.05) is 51.1 Å². The van der Waals surface area contributed by atoms with Crippen molar-refractivity contribution in [2.45, 2.75) is 72.2 Å². The number of Topliss-reactive ketones (excluding diaryl/α,β-unsaturated/α-hetero) is 1. The molecule has 2 fully saturated rings. The Morgan fingerprint density at radius 1 is 0.600 bits per heavy atom. The summed E-state index contributed by atoms with van der Waals surface area (Å²) in [5.41, 5.74) is 4.48. The first-order valence-electron chi connectivity index (χ1n) is 15.3. The molecule has 2 saturated carbocycles. The quantitative estimate of drug-likeness (QED) is 0.211. The zero-order chi connectivity index (χ0) is 32.1. The van der Waals surface area contributed by atoms with Crippen molar-refractivity contribution in [2.24, 2.45) is 11.8 Å². The Hall–Kier alpha value is -3.26. The summed E-state index contributed by atoms with van der Waals surface area (Å²) in [5.74, 6) is -2.51. The van der Waals surface area contributed by atoms with Crippen molar-refractivity contribution in [2.75, 3.05) is 0 Å². The summed E-state index contributed by atoms with van der Waals surface area (Å²) >= 11 is 6.39. The Kier molecular flexibility index (Phi) is 8.57. The van der Waals surface area contributed by atoms with Gasteiger partial charge >= 0.3 is 0 Å². The van der Waals surface area contributed by atoms with Crippen molar-refractivity contribution < 1.29 is 21.6 Å². The molecule has 8 heteroatoms. The van der Waals surface area contributed by atoms with Crippen LogP contribution in [0.3, 0.4) is 0 Å². The first-order chi connectivity index (χ1) is 21.4. The van der Waals surface area contributed by atoms with Crippen LogP contribution in [0.15, 0.2) is 107 Å². The van der Waals surface area contributed by atoms with Gasteiger partial charge in [-0.15, -0.1) is 0 Å². The molecule has 0 saturated heterocycles. The second kappa shape index (κ2) is 12.2. The fourth-order valence-electron chi connectivity index (χ4n) is 7.50. The minimum absolute atomic E-state index is 0.00373. The Morgan fingerprint density at radius 3 is 1.69 bits per heavy atom. The third-order valence-corrected chi connectivity index (χ3v) is 14.7. The van der Waals surface area contributed by atoms with Crippen LogP contribution in [0.4, 0.5) is 0 Å². The van der Waals surface area contributed by atoms with Gasteiger partial charge in [-0.25, -0.2) is 16.8 Å². The third kappa shape index (κ3) is 6.02. The van der Waals surface area contributed by atoms with Crippen molar-refractivity contribution in [3.05, 3.63) is 130 Å². The van der Waals surface area contributed by atoms with Gasteiger partial charge in [-0.1, -0.05) is 89.0 Å². The highest BCUT2D eigenvalue weighted by Crippen LogP contribution is 2.54. The van der Waals surface area contributed by atoms with Crippen LogP contribution in [0.5, 0.6) is 0 Å². The molecule has 0 aliphatic heterocycles. The van der Waals surface area contributed by atoms with Crippen LogP contribution in [0, 0.1) is 32.6 Å². The summed E-state index contributed by atoms with van der Waals surface area (Å²) in [6.07, 6.45) is 0.326. The Balaban J connectivity index is 1.51. The van der Waals surface area contributed by atoms with Gasteiger partial charge in [0.25, 0.3) is 0 Å². The molecule has 45 heavy (non-hydrogen) atoms. The van der Waals surface area contributed by atoms with Gasteiger partial charge in [-0.2, -0.15) is 0 Å². The van der Waals surface area contributed by atoms with E-state index in [2.05, 4.69) is 0 Å². The maximum Gasteiger partial charge on any atom is 0.182 e. The molecule has 6 atom stereocenters. The molecule has 0 spiro atoms. The predicted molar refractivity (Wildman–Crippen MR) is 178 cm³/mol. The molecule has 2 aliphatic rings. The Morgan fingerprint density at radius 2 is 1.13 bits per heavy atom. The van der Waals surface area contributed by atoms with Gasteiger partial charge < -0.3 is 0 Å². The number of hydrogen-bond acceptors (Lipinski definition) is 5. The normalized spacial score (nSPS) is 25.5. The molecule has 0 N–H and O–H groups in total. The van der Waals surface area contributed by atoms with E-state index in [1.165, 1.54) is 0 Å². The number of rotatable bonds is 6. The highest BCUT2D eigenvalue weighted by atomic mass is 35.5. The largest absolute Gasteiger partial charge is 0.299 e. The zero-order valence-electron chi connectivity index (χ0n) is 25.6. The van der Waals surface area contributed by atoms with Crippen LogP contribution in [0.25, 0.3) is 0 Å². The first-order valence-corrected chi connectivity index (χ1v) is 18.8. The lowest BCUT2D eigenvalue weighted by Crippen LogP contribution is -2.53. The van der Waals surface area contributed by atoms with Crippen molar-refractivity contribution >= 4 is 37.1 Å². The van der Waals surface area contributed by atoms with Crippen molar-refractivity contribution in [3.8, 4) is 0 Å². The minimum Gasteiger partial charge on any atom is -0.299 e. The van der Waals surface area contributed by atoms with Crippen molar-refractivity contribution in [1.29, 1.82) is 0 Å². The second-order valence-electron chi connectivity index (χ2n) is 12.8. The number of carbonyl (C=O) groups excluding carboxylic acids is 1. The first kappa shape index (κ1) is 31.7. The van der Waals surface area contributed by atoms with E-state index in [-0.39, 0.29) is 34.8 Å². The molecule has 5 nitrogen and oxygen atoms in total. The lowest BCUT2D eigenvalue weighted by atomic mass is 9.61. The fourth-order valence-corrected chi connectivity index (χ4v) is 12.0. The summed E-state index contributed by atoms with van der Waals surface area (Å²) in [6.45, 7) is 5.78. The summed E-state index contributed by atoms with van der Waals surface area (Å²) in [6, 6.07) is 28.6. The molecule has 4 aromatic carbocycles. The topological polar surface area (TPSA) is 85.3 Å². The predicted octanol–water partition coefficient (Wildman–Crippen LogP) is 7.82. The maximum absolute atomic E-state index is 14.7. The standard InChI is InChI=1S/C37H37ClO5S2/c1-23-7-13-26(14-8-23)31-20-34-33(22-36(31)44(40,41)29-15-9-24(2)10-16-29)35(39)21-32(27-5-4-6-28(38)19-27)37(34)45(42,43)30-17-11-25(3)12-18-30/h4-19,31-34,36-37H,20-22H2,1-3H3/t31?,32?,33-,34+,36?,37?/m1/s1. The number of sulfone groups is 2. The van der Waals surface area contributed by atoms with Gasteiger partial charge in [0.2, 0.25) is 0 Å². The molecule has 2 aliphatic carbocycles. The van der Waals surface area contributed by atoms with E-state index in [0.29, 0.717) is 10.6 Å². The molecule has 0 bridgehead atoms. The van der Waals surface area contributed by atoms with Gasteiger partial charge in [0.05, 0.1) is 20.3 Å². The molecule has 0 heterocycles. The minimum atomic E-state index is -3.95. The SMILES string of the molecule is Cc1ccc(C2C[C@@H]3C(S(=O)(=O)c4ccc(C)cc4)C(c4cccc(Cl)c4)CC(=O)[C@@H]3CC2S(=O)(=O)c2ccc(C)cc2)cc1. The number of halogens is 1. The maximum atomic E-state index is 14.7. The van der Waals surface area contributed by atoms with Crippen LogP contribution >= 0.6 is 11.6 Å². The number of benzene rings is 4. The second-order valence-corrected chi connectivity index (χ2v) is 17.5. The van der Waals surface area contributed by atoms with Crippen molar-refractivity contribution in [1.82, 2.24) is 0 Å². The Labute approximate surface area is 271 Å². The van der Waals surface area contributed by atoms with Crippen LogP contribution in [0.1, 0.15) is 58.9 Å². The number of aryl methyl sites for hydroxylation is 3. The highest BCUT2D eigenvalue weighted by Gasteiger charge is 2.56. The van der Waals surface area contributed by atoms with Crippen LogP contribution in [0.2, 0.25) is 5.02 Å².